The van der Waals surface area contributed by atoms with E-state index in [0.29, 0.717) is 22.4 Å². The summed E-state index contributed by atoms with van der Waals surface area (Å²) in [5, 5.41) is 10.6. The van der Waals surface area contributed by atoms with Crippen molar-refractivity contribution >= 4 is 35.1 Å². The number of aliphatic carboxylic acids is 1. The number of alkyl halides is 1. The van der Waals surface area contributed by atoms with Crippen LogP contribution in [0.4, 0.5) is 8.78 Å². The van der Waals surface area contributed by atoms with Crippen LogP contribution < -0.4 is 4.74 Å². The zero-order valence-electron chi connectivity index (χ0n) is 24.1. The number of nitrogens with zero attached hydrogens (tertiary/aromatic N) is 2. The van der Waals surface area contributed by atoms with E-state index in [-0.39, 0.29) is 36.4 Å². The average molecular weight is 644 g/mol. The molecule has 6 rings (SSSR count). The van der Waals surface area contributed by atoms with Crippen molar-refractivity contribution in [2.45, 2.75) is 56.3 Å². The molecule has 3 atom stereocenters. The second-order valence-corrected chi connectivity index (χ2v) is 13.0. The molecule has 2 aliphatic heterocycles. The van der Waals surface area contributed by atoms with E-state index in [9.17, 15) is 19.1 Å². The summed E-state index contributed by atoms with van der Waals surface area (Å²) in [6.07, 6.45) is 1.81. The number of carboxylic acids is 1. The summed E-state index contributed by atoms with van der Waals surface area (Å²) in [7, 11) is 0. The third-order valence-corrected chi connectivity index (χ3v) is 9.38. The molecule has 10 heteroatoms. The highest BCUT2D eigenvalue weighted by atomic mass is 35.5. The number of piperidine rings is 1. The number of hydrogen-bond acceptors (Lipinski definition) is 4. The first-order chi connectivity index (χ1) is 21.2. The molecule has 3 aromatic rings. The highest BCUT2D eigenvalue weighted by Gasteiger charge is 2.41. The van der Waals surface area contributed by atoms with Crippen LogP contribution in [0.1, 0.15) is 71.1 Å². The molecular weight excluding hydrogens is 609 g/mol. The molecule has 2 heterocycles. The molecule has 0 spiro atoms. The van der Waals surface area contributed by atoms with E-state index in [0.717, 1.165) is 60.4 Å². The minimum Gasteiger partial charge on any atom is -0.493 e. The third kappa shape index (κ3) is 6.72. The normalized spacial score (nSPS) is 21.8. The lowest BCUT2D eigenvalue weighted by atomic mass is 9.91. The van der Waals surface area contributed by atoms with Gasteiger partial charge < -0.3 is 14.7 Å². The highest BCUT2D eigenvalue weighted by molar-refractivity contribution is 6.34. The van der Waals surface area contributed by atoms with Gasteiger partial charge in [0.15, 0.2) is 0 Å². The fourth-order valence-electron chi connectivity index (χ4n) is 6.54. The molecule has 1 N–H and O–H groups in total. The van der Waals surface area contributed by atoms with E-state index in [4.69, 9.17) is 27.9 Å². The monoisotopic (exact) mass is 642 g/mol. The number of ether oxygens (including phenoxy) is 1. The molecule has 6 nitrogen and oxygen atoms in total. The largest absolute Gasteiger partial charge is 0.493 e. The first kappa shape index (κ1) is 30.8. The molecule has 0 aromatic heterocycles. The van der Waals surface area contributed by atoms with E-state index in [1.54, 1.807) is 6.07 Å². The zero-order valence-corrected chi connectivity index (χ0v) is 25.6. The van der Waals surface area contributed by atoms with Crippen LogP contribution in [-0.2, 0) is 4.79 Å². The summed E-state index contributed by atoms with van der Waals surface area (Å²) >= 11 is 12.7. The maximum atomic E-state index is 15.3. The summed E-state index contributed by atoms with van der Waals surface area (Å²) in [5.41, 5.74) is 2.71. The van der Waals surface area contributed by atoms with Crippen molar-refractivity contribution in [2.24, 2.45) is 5.92 Å². The number of amides is 1. The Morgan fingerprint density at radius 2 is 1.64 bits per heavy atom. The van der Waals surface area contributed by atoms with Crippen molar-refractivity contribution in [2.75, 3.05) is 26.2 Å². The summed E-state index contributed by atoms with van der Waals surface area (Å²) < 4.78 is 35.6. The van der Waals surface area contributed by atoms with Gasteiger partial charge in [-0.3, -0.25) is 9.69 Å². The molecule has 1 aliphatic carbocycles. The molecule has 3 fully saturated rings. The van der Waals surface area contributed by atoms with Gasteiger partial charge in [0.1, 0.15) is 23.8 Å². The Bertz CT molecular complexity index is 1510. The van der Waals surface area contributed by atoms with Crippen LogP contribution in [-0.4, -0.2) is 65.2 Å². The molecular formula is C34H34Cl2F2N2O4. The van der Waals surface area contributed by atoms with E-state index in [1.807, 2.05) is 30.3 Å². The van der Waals surface area contributed by atoms with Crippen molar-refractivity contribution in [3.05, 3.63) is 98.8 Å². The van der Waals surface area contributed by atoms with Gasteiger partial charge in [0.05, 0.1) is 24.8 Å². The molecule has 3 aromatic carbocycles. The standard InChI is InChI=1S/C34H34Cl2F2N2O4/c35-24-12-23(13-25(36)14-24)32(22-4-2-1-3-5-22)39-10-8-20(9-11-39)19-44-31-17-29(38)28(16-27(31)21-6-7-21)33(41)40-18-26(37)15-30(40)34(42)43/h1-5,12-14,16-17,20-21,26,30,32H,6-11,15,18-19H2,(H,42,43)/t26-,30+,32+/m1/s1. The first-order valence-corrected chi connectivity index (χ1v) is 15.8. The summed E-state index contributed by atoms with van der Waals surface area (Å²) in [4.78, 5) is 28.1. The Kier molecular flexibility index (Phi) is 9.13. The van der Waals surface area contributed by atoms with E-state index in [2.05, 4.69) is 17.0 Å². The molecule has 0 radical (unpaired) electrons. The lowest BCUT2D eigenvalue weighted by Crippen LogP contribution is -2.41. The van der Waals surface area contributed by atoms with Crippen LogP contribution in [0.5, 0.6) is 5.75 Å². The van der Waals surface area contributed by atoms with Gasteiger partial charge in [-0.25, -0.2) is 13.6 Å². The van der Waals surface area contributed by atoms with Crippen molar-refractivity contribution in [1.82, 2.24) is 9.80 Å². The number of hydrogen-bond donors (Lipinski definition) is 1. The molecule has 2 saturated heterocycles. The van der Waals surface area contributed by atoms with Crippen molar-refractivity contribution < 1.29 is 28.2 Å². The van der Waals surface area contributed by atoms with E-state index < -0.39 is 29.9 Å². The van der Waals surface area contributed by atoms with E-state index in [1.165, 1.54) is 12.1 Å². The zero-order chi connectivity index (χ0) is 31.0. The van der Waals surface area contributed by atoms with Gasteiger partial charge in [0.2, 0.25) is 0 Å². The SMILES string of the molecule is O=C(O)[C@@H]1C[C@@H](F)CN1C(=O)c1cc(C2CC2)c(OCC2CCN([C@@H](c3ccccc3)c3cc(Cl)cc(Cl)c3)CC2)cc1F. The Balaban J connectivity index is 1.14. The van der Waals surface area contributed by atoms with Crippen molar-refractivity contribution in [3.8, 4) is 5.75 Å². The minimum atomic E-state index is -1.45. The van der Waals surface area contributed by atoms with Crippen molar-refractivity contribution in [3.63, 3.8) is 0 Å². The number of halogens is 4. The van der Waals surface area contributed by atoms with Crippen LogP contribution >= 0.6 is 23.2 Å². The van der Waals surface area contributed by atoms with Gasteiger partial charge in [-0.05, 0) is 91.6 Å². The molecule has 232 valence electrons. The Morgan fingerprint density at radius 3 is 2.27 bits per heavy atom. The number of rotatable bonds is 9. The lowest BCUT2D eigenvalue weighted by molar-refractivity contribution is -0.141. The fraction of sp³-hybridized carbons (Fsp3) is 0.412. The van der Waals surface area contributed by atoms with Gasteiger partial charge in [-0.15, -0.1) is 0 Å². The summed E-state index contributed by atoms with van der Waals surface area (Å²) in [5.74, 6) is -2.06. The first-order valence-electron chi connectivity index (χ1n) is 15.1. The lowest BCUT2D eigenvalue weighted by Gasteiger charge is -2.38. The van der Waals surface area contributed by atoms with Gasteiger partial charge in [-0.1, -0.05) is 53.5 Å². The molecule has 0 unspecified atom stereocenters. The number of carboxylic acid groups (broad SMARTS) is 1. The fourth-order valence-corrected chi connectivity index (χ4v) is 7.08. The van der Waals surface area contributed by atoms with Gasteiger partial charge in [-0.2, -0.15) is 0 Å². The smallest absolute Gasteiger partial charge is 0.326 e. The average Bonchev–Trinajstić information content (AvgIpc) is 3.76. The number of likely N-dealkylation sites (tertiary alicyclic amines) is 2. The maximum Gasteiger partial charge on any atom is 0.326 e. The maximum absolute atomic E-state index is 15.3. The number of benzene rings is 3. The molecule has 1 saturated carbocycles. The van der Waals surface area contributed by atoms with Crippen LogP contribution in [0.2, 0.25) is 10.0 Å². The Labute approximate surface area is 265 Å². The quantitative estimate of drug-likeness (QED) is 0.261. The third-order valence-electron chi connectivity index (χ3n) is 8.95. The predicted octanol–water partition coefficient (Wildman–Crippen LogP) is 7.53. The van der Waals surface area contributed by atoms with Crippen LogP contribution in [0.25, 0.3) is 0 Å². The molecule has 0 bridgehead atoms. The minimum absolute atomic E-state index is 0.000999. The number of carbonyl (C=O) groups is 2. The van der Waals surface area contributed by atoms with Crippen LogP contribution in [0.3, 0.4) is 0 Å². The molecule has 3 aliphatic rings. The number of carbonyl (C=O) groups excluding carboxylic acids is 1. The van der Waals surface area contributed by atoms with Gasteiger partial charge in [0, 0.05) is 22.5 Å². The Morgan fingerprint density at radius 1 is 0.955 bits per heavy atom. The second kappa shape index (κ2) is 13.0. The summed E-state index contributed by atoms with van der Waals surface area (Å²) in [6, 6.07) is 17.3. The van der Waals surface area contributed by atoms with E-state index >= 15 is 4.39 Å². The van der Waals surface area contributed by atoms with Crippen LogP contribution in [0.15, 0.2) is 60.7 Å². The molecule has 44 heavy (non-hydrogen) atoms. The second-order valence-electron chi connectivity index (χ2n) is 12.1. The van der Waals surface area contributed by atoms with Crippen molar-refractivity contribution in [1.29, 1.82) is 0 Å². The topological polar surface area (TPSA) is 70.1 Å². The van der Waals surface area contributed by atoms with Crippen LogP contribution in [0, 0.1) is 11.7 Å². The predicted molar refractivity (Wildman–Crippen MR) is 165 cm³/mol. The highest BCUT2D eigenvalue weighted by Crippen LogP contribution is 2.46. The molecule has 1 amide bonds. The Hall–Kier alpha value is -3.20. The summed E-state index contributed by atoms with van der Waals surface area (Å²) in [6.45, 7) is 1.70. The van der Waals surface area contributed by atoms with Gasteiger partial charge >= 0.3 is 5.97 Å². The van der Waals surface area contributed by atoms with Gasteiger partial charge in [0.25, 0.3) is 5.91 Å².